The van der Waals surface area contributed by atoms with Gasteiger partial charge in [0.05, 0.1) is 19.0 Å². The van der Waals surface area contributed by atoms with Crippen molar-refractivity contribution in [1.82, 2.24) is 25.9 Å². The number of halogens is 1. The van der Waals surface area contributed by atoms with Crippen molar-refractivity contribution in [2.45, 2.75) is 13.5 Å². The van der Waals surface area contributed by atoms with Gasteiger partial charge in [-0.1, -0.05) is 41.6 Å². The highest BCUT2D eigenvalue weighted by Crippen LogP contribution is 2.22. The van der Waals surface area contributed by atoms with Crippen molar-refractivity contribution in [3.8, 4) is 0 Å². The number of nitrogens with one attached hydrogen (secondary N) is 2. The second kappa shape index (κ2) is 10.9. The number of hydrogen-bond donors (Lipinski definition) is 2. The number of hydroxylamine groups is 1. The summed E-state index contributed by atoms with van der Waals surface area (Å²) >= 11 is 7.57. The number of pyridine rings is 1. The number of thioether (sulfide) groups is 1. The fourth-order valence-corrected chi connectivity index (χ4v) is 3.58. The number of carbonyl (C=O) groups excluding carboxylic acids is 2. The van der Waals surface area contributed by atoms with Gasteiger partial charge in [-0.3, -0.25) is 19.6 Å². The quantitative estimate of drug-likeness (QED) is 0.475. The summed E-state index contributed by atoms with van der Waals surface area (Å²) in [6.07, 6.45) is 3.34. The van der Waals surface area contributed by atoms with E-state index in [1.165, 1.54) is 28.7 Å². The maximum Gasteiger partial charge on any atom is 0.362 e. The molecule has 1 aromatic heterocycles. The Kier molecular flexibility index (Phi) is 8.03. The molecule has 0 spiro atoms. The zero-order valence-electron chi connectivity index (χ0n) is 16.2. The third-order valence-corrected chi connectivity index (χ3v) is 5.40. The van der Waals surface area contributed by atoms with Crippen LogP contribution in [0.5, 0.6) is 0 Å². The van der Waals surface area contributed by atoms with E-state index in [1.54, 1.807) is 18.5 Å². The van der Waals surface area contributed by atoms with Crippen molar-refractivity contribution in [3.63, 3.8) is 0 Å². The molecule has 2 N–H and O–H groups in total. The molecule has 158 valence electrons. The SMILES string of the molecule is CC(=O)N(CCONC(=O)N1CSC(c2ccncc2)=N1)NCc1ccccc1Cl. The van der Waals surface area contributed by atoms with E-state index in [9.17, 15) is 9.59 Å². The van der Waals surface area contributed by atoms with Crippen LogP contribution in [-0.4, -0.2) is 51.0 Å². The number of carbonyl (C=O) groups is 2. The molecular weight excluding hydrogens is 428 g/mol. The minimum Gasteiger partial charge on any atom is -0.276 e. The third-order valence-electron chi connectivity index (χ3n) is 4.07. The number of nitrogens with zero attached hydrogens (tertiary/aromatic N) is 4. The summed E-state index contributed by atoms with van der Waals surface area (Å²) in [6.45, 7) is 2.17. The van der Waals surface area contributed by atoms with Gasteiger partial charge < -0.3 is 0 Å². The summed E-state index contributed by atoms with van der Waals surface area (Å²) in [6, 6.07) is 10.6. The molecule has 2 heterocycles. The van der Waals surface area contributed by atoms with Crippen LogP contribution in [-0.2, 0) is 16.2 Å². The van der Waals surface area contributed by atoms with E-state index >= 15 is 0 Å². The average Bonchev–Trinajstić information content (AvgIpc) is 3.25. The van der Waals surface area contributed by atoms with Gasteiger partial charge in [0.15, 0.2) is 0 Å². The van der Waals surface area contributed by atoms with Crippen LogP contribution in [0.2, 0.25) is 5.02 Å². The normalized spacial score (nSPS) is 13.1. The number of hydrazine groups is 1. The van der Waals surface area contributed by atoms with E-state index in [-0.39, 0.29) is 19.1 Å². The Labute approximate surface area is 183 Å². The van der Waals surface area contributed by atoms with Crippen molar-refractivity contribution in [1.29, 1.82) is 0 Å². The van der Waals surface area contributed by atoms with Gasteiger partial charge in [0.25, 0.3) is 0 Å². The lowest BCUT2D eigenvalue weighted by atomic mass is 10.2. The van der Waals surface area contributed by atoms with Crippen molar-refractivity contribution < 1.29 is 14.4 Å². The first-order valence-corrected chi connectivity index (χ1v) is 10.5. The molecule has 0 aliphatic carbocycles. The van der Waals surface area contributed by atoms with Crippen LogP contribution in [0, 0.1) is 0 Å². The van der Waals surface area contributed by atoms with E-state index in [1.807, 2.05) is 30.3 Å². The van der Waals surface area contributed by atoms with Gasteiger partial charge in [-0.05, 0) is 23.8 Å². The Morgan fingerprint density at radius 3 is 2.77 bits per heavy atom. The zero-order valence-corrected chi connectivity index (χ0v) is 17.8. The predicted molar refractivity (Wildman–Crippen MR) is 115 cm³/mol. The van der Waals surface area contributed by atoms with E-state index in [2.05, 4.69) is 21.0 Å². The first-order chi connectivity index (χ1) is 14.5. The van der Waals surface area contributed by atoms with Gasteiger partial charge in [-0.2, -0.15) is 5.10 Å². The molecule has 0 saturated heterocycles. The van der Waals surface area contributed by atoms with Crippen molar-refractivity contribution in [2.75, 3.05) is 19.0 Å². The average molecular weight is 449 g/mol. The van der Waals surface area contributed by atoms with Crippen LogP contribution in [0.3, 0.4) is 0 Å². The Morgan fingerprint density at radius 1 is 1.27 bits per heavy atom. The molecule has 0 unspecified atom stereocenters. The van der Waals surface area contributed by atoms with Gasteiger partial charge >= 0.3 is 6.03 Å². The van der Waals surface area contributed by atoms with Crippen LogP contribution < -0.4 is 10.9 Å². The maximum atomic E-state index is 12.2. The van der Waals surface area contributed by atoms with Gasteiger partial charge in [0.2, 0.25) is 5.91 Å². The van der Waals surface area contributed by atoms with Gasteiger partial charge in [-0.25, -0.2) is 20.7 Å². The second-order valence-electron chi connectivity index (χ2n) is 6.17. The topological polar surface area (TPSA) is 99.2 Å². The van der Waals surface area contributed by atoms with Crippen LogP contribution in [0.4, 0.5) is 4.79 Å². The Morgan fingerprint density at radius 2 is 2.03 bits per heavy atom. The van der Waals surface area contributed by atoms with E-state index in [4.69, 9.17) is 16.4 Å². The van der Waals surface area contributed by atoms with Crippen molar-refractivity contribution in [3.05, 3.63) is 64.9 Å². The maximum absolute atomic E-state index is 12.2. The fraction of sp³-hybridized carbons (Fsp3) is 0.263. The summed E-state index contributed by atoms with van der Waals surface area (Å²) < 4.78 is 0. The molecule has 1 aromatic carbocycles. The summed E-state index contributed by atoms with van der Waals surface area (Å²) in [5.74, 6) is 0.200. The second-order valence-corrected chi connectivity index (χ2v) is 7.51. The molecule has 3 amide bonds. The lowest BCUT2D eigenvalue weighted by molar-refractivity contribution is -0.133. The molecule has 1 aliphatic heterocycles. The highest BCUT2D eigenvalue weighted by Gasteiger charge is 2.22. The first-order valence-electron chi connectivity index (χ1n) is 9.10. The molecule has 0 radical (unpaired) electrons. The van der Waals surface area contributed by atoms with E-state index in [0.29, 0.717) is 17.4 Å². The zero-order chi connectivity index (χ0) is 21.3. The van der Waals surface area contributed by atoms with Crippen LogP contribution in [0.15, 0.2) is 53.9 Å². The molecule has 11 heteroatoms. The Bertz CT molecular complexity index is 914. The molecular formula is C19H21ClN6O3S. The van der Waals surface area contributed by atoms with E-state index < -0.39 is 6.03 Å². The fourth-order valence-electron chi connectivity index (χ4n) is 2.50. The van der Waals surface area contributed by atoms with Crippen molar-refractivity contribution >= 4 is 40.3 Å². The number of hydrazone groups is 1. The highest BCUT2D eigenvalue weighted by atomic mass is 35.5. The highest BCUT2D eigenvalue weighted by molar-refractivity contribution is 8.14. The molecule has 0 saturated carbocycles. The smallest absolute Gasteiger partial charge is 0.276 e. The summed E-state index contributed by atoms with van der Waals surface area (Å²) in [5.41, 5.74) is 7.12. The summed E-state index contributed by atoms with van der Waals surface area (Å²) in [4.78, 5) is 33.2. The lowest BCUT2D eigenvalue weighted by Crippen LogP contribution is -2.44. The van der Waals surface area contributed by atoms with Crippen LogP contribution in [0.25, 0.3) is 0 Å². The number of amides is 3. The minimum absolute atomic E-state index is 0.1000. The molecule has 2 aromatic rings. The molecule has 0 fully saturated rings. The number of hydrogen-bond acceptors (Lipinski definition) is 7. The van der Waals surface area contributed by atoms with Gasteiger partial charge in [-0.15, -0.1) is 0 Å². The standard InChI is InChI=1S/C19H21ClN6O3S/c1-14(27)25(22-12-16-4-2-3-5-17(16)20)10-11-29-24-19(28)26-13-30-18(23-26)15-6-8-21-9-7-15/h2-9,22H,10-13H2,1H3,(H,24,28). The van der Waals surface area contributed by atoms with Gasteiger partial charge in [0, 0.05) is 36.4 Å². The number of benzene rings is 1. The van der Waals surface area contributed by atoms with E-state index in [0.717, 1.165) is 16.2 Å². The minimum atomic E-state index is -0.482. The first kappa shape index (κ1) is 22.0. The number of urea groups is 1. The van der Waals surface area contributed by atoms with Crippen molar-refractivity contribution in [2.24, 2.45) is 5.10 Å². The molecule has 0 bridgehead atoms. The molecule has 0 atom stereocenters. The summed E-state index contributed by atoms with van der Waals surface area (Å²) in [7, 11) is 0. The lowest BCUT2D eigenvalue weighted by Gasteiger charge is -2.22. The van der Waals surface area contributed by atoms with Gasteiger partial charge in [0.1, 0.15) is 5.04 Å². The Balaban J connectivity index is 1.41. The Hall–Kier alpha value is -2.66. The molecule has 1 aliphatic rings. The van der Waals surface area contributed by atoms with Crippen LogP contribution in [0.1, 0.15) is 18.1 Å². The largest absolute Gasteiger partial charge is 0.362 e. The predicted octanol–water partition coefficient (Wildman–Crippen LogP) is 2.60. The third kappa shape index (κ3) is 6.17. The number of aromatic nitrogens is 1. The monoisotopic (exact) mass is 448 g/mol. The summed E-state index contributed by atoms with van der Waals surface area (Å²) in [5, 5.41) is 8.31. The number of rotatable bonds is 8. The molecule has 9 nitrogen and oxygen atoms in total. The van der Waals surface area contributed by atoms with Crippen LogP contribution >= 0.6 is 23.4 Å². The molecule has 3 rings (SSSR count). The molecule has 30 heavy (non-hydrogen) atoms.